The Morgan fingerprint density at radius 2 is 2.39 bits per heavy atom. The number of rotatable bonds is 3. The number of H-pyrrole nitrogens is 1. The van der Waals surface area contributed by atoms with Crippen LogP contribution < -0.4 is 4.74 Å². The van der Waals surface area contributed by atoms with Gasteiger partial charge in [0, 0.05) is 24.7 Å². The molecule has 23 heavy (non-hydrogen) atoms. The lowest BCUT2D eigenvalue weighted by Crippen LogP contribution is -2.24. The predicted octanol–water partition coefficient (Wildman–Crippen LogP) is 2.46. The van der Waals surface area contributed by atoms with Crippen molar-refractivity contribution in [3.63, 3.8) is 0 Å². The van der Waals surface area contributed by atoms with Gasteiger partial charge in [0.2, 0.25) is 0 Å². The van der Waals surface area contributed by atoms with Crippen LogP contribution in [0.4, 0.5) is 0 Å². The first-order chi connectivity index (χ1) is 11.3. The molecule has 0 aromatic carbocycles. The molecule has 1 unspecified atom stereocenters. The highest BCUT2D eigenvalue weighted by molar-refractivity contribution is 6.09. The first-order valence-electron chi connectivity index (χ1n) is 7.84. The van der Waals surface area contributed by atoms with Gasteiger partial charge >= 0.3 is 0 Å². The fraction of sp³-hybridized carbons (Fsp3) is 0.353. The summed E-state index contributed by atoms with van der Waals surface area (Å²) in [6.45, 7) is 5.08. The highest BCUT2D eigenvalue weighted by Gasteiger charge is 2.25. The molecular weight excluding hydrogens is 290 g/mol. The van der Waals surface area contributed by atoms with Gasteiger partial charge in [-0.3, -0.25) is 4.90 Å². The molecule has 0 radical (unpaired) electrons. The molecule has 1 atom stereocenters. The smallest absolute Gasteiger partial charge is 0.183 e. The highest BCUT2D eigenvalue weighted by atomic mass is 16.5. The second-order valence-electron chi connectivity index (χ2n) is 5.78. The Morgan fingerprint density at radius 3 is 3.17 bits per heavy atom. The molecule has 1 aliphatic rings. The SMILES string of the molecule is CCN1CCC(Oc2c(C#N)ncc3[nH]c4ncccc4c23)C1. The van der Waals surface area contributed by atoms with Crippen molar-refractivity contribution in [1.29, 1.82) is 5.26 Å². The number of fused-ring (bicyclic) bond motifs is 3. The zero-order valence-corrected chi connectivity index (χ0v) is 12.9. The molecule has 3 aromatic rings. The standard InChI is InChI=1S/C17H17N5O/c1-2-22-7-5-11(10-22)23-16-13(8-18)20-9-14-15(16)12-4-3-6-19-17(12)21-14/h3-4,6,9,11H,2,5,7,10H2,1H3,(H,19,21). The molecule has 0 bridgehead atoms. The van der Waals surface area contributed by atoms with Gasteiger partial charge in [0.1, 0.15) is 17.8 Å². The first kappa shape index (κ1) is 14.0. The minimum Gasteiger partial charge on any atom is -0.485 e. The van der Waals surface area contributed by atoms with E-state index < -0.39 is 0 Å². The zero-order chi connectivity index (χ0) is 15.8. The van der Waals surface area contributed by atoms with Crippen LogP contribution in [0.5, 0.6) is 5.75 Å². The van der Waals surface area contributed by atoms with E-state index >= 15 is 0 Å². The van der Waals surface area contributed by atoms with Crippen molar-refractivity contribution in [1.82, 2.24) is 19.9 Å². The number of pyridine rings is 2. The van der Waals surface area contributed by atoms with Crippen molar-refractivity contribution >= 4 is 21.9 Å². The summed E-state index contributed by atoms with van der Waals surface area (Å²) in [5.74, 6) is 0.576. The van der Waals surface area contributed by atoms with E-state index in [1.807, 2.05) is 12.1 Å². The fourth-order valence-corrected chi connectivity index (χ4v) is 3.23. The summed E-state index contributed by atoms with van der Waals surface area (Å²) in [4.78, 5) is 14.2. The van der Waals surface area contributed by atoms with Gasteiger partial charge in [-0.15, -0.1) is 0 Å². The van der Waals surface area contributed by atoms with Crippen LogP contribution in [0.15, 0.2) is 24.5 Å². The van der Waals surface area contributed by atoms with E-state index in [0.29, 0.717) is 11.4 Å². The van der Waals surface area contributed by atoms with Crippen LogP contribution in [-0.4, -0.2) is 45.6 Å². The second-order valence-corrected chi connectivity index (χ2v) is 5.78. The zero-order valence-electron chi connectivity index (χ0n) is 12.9. The molecule has 0 aliphatic carbocycles. The minimum atomic E-state index is 0.0936. The Labute approximate surface area is 133 Å². The molecule has 1 fully saturated rings. The molecule has 6 nitrogen and oxygen atoms in total. The van der Waals surface area contributed by atoms with Gasteiger partial charge in [0.25, 0.3) is 0 Å². The maximum absolute atomic E-state index is 9.43. The summed E-state index contributed by atoms with van der Waals surface area (Å²) >= 11 is 0. The monoisotopic (exact) mass is 307 g/mol. The van der Waals surface area contributed by atoms with Crippen LogP contribution in [0.2, 0.25) is 0 Å². The number of aromatic nitrogens is 3. The van der Waals surface area contributed by atoms with Crippen LogP contribution in [-0.2, 0) is 0 Å². The summed E-state index contributed by atoms with van der Waals surface area (Å²) in [5, 5.41) is 11.3. The highest BCUT2D eigenvalue weighted by Crippen LogP contribution is 2.35. The van der Waals surface area contributed by atoms with Crippen LogP contribution in [0.25, 0.3) is 21.9 Å². The van der Waals surface area contributed by atoms with Gasteiger partial charge in [-0.05, 0) is 25.1 Å². The normalized spacial score (nSPS) is 18.5. The van der Waals surface area contributed by atoms with Crippen molar-refractivity contribution < 1.29 is 4.74 Å². The molecule has 3 aromatic heterocycles. The molecule has 1 aliphatic heterocycles. The largest absolute Gasteiger partial charge is 0.485 e. The van der Waals surface area contributed by atoms with Crippen LogP contribution in [0.1, 0.15) is 19.0 Å². The molecule has 1 saturated heterocycles. The predicted molar refractivity (Wildman–Crippen MR) is 87.3 cm³/mol. The van der Waals surface area contributed by atoms with Gasteiger partial charge in [-0.2, -0.15) is 5.26 Å². The van der Waals surface area contributed by atoms with Gasteiger partial charge < -0.3 is 9.72 Å². The van der Waals surface area contributed by atoms with Crippen LogP contribution in [0, 0.1) is 11.3 Å². The lowest BCUT2D eigenvalue weighted by Gasteiger charge is -2.16. The Kier molecular flexibility index (Phi) is 3.36. The second kappa shape index (κ2) is 5.52. The van der Waals surface area contributed by atoms with E-state index in [2.05, 4.69) is 32.8 Å². The number of nitrogens with zero attached hydrogens (tertiary/aromatic N) is 4. The maximum Gasteiger partial charge on any atom is 0.183 e. The summed E-state index contributed by atoms with van der Waals surface area (Å²) in [5.41, 5.74) is 1.96. The van der Waals surface area contributed by atoms with E-state index in [4.69, 9.17) is 4.74 Å². The first-order valence-corrected chi connectivity index (χ1v) is 7.84. The number of likely N-dealkylation sites (tertiary alicyclic amines) is 1. The fourth-order valence-electron chi connectivity index (χ4n) is 3.23. The molecule has 1 N–H and O–H groups in total. The molecule has 0 amide bonds. The van der Waals surface area contributed by atoms with Gasteiger partial charge in [-0.1, -0.05) is 6.92 Å². The Balaban J connectivity index is 1.84. The van der Waals surface area contributed by atoms with E-state index in [0.717, 1.165) is 48.0 Å². The van der Waals surface area contributed by atoms with Crippen LogP contribution >= 0.6 is 0 Å². The van der Waals surface area contributed by atoms with Crippen molar-refractivity contribution in [2.24, 2.45) is 0 Å². The third-order valence-electron chi connectivity index (χ3n) is 4.43. The van der Waals surface area contributed by atoms with Gasteiger partial charge in [0.15, 0.2) is 11.4 Å². The number of ether oxygens (including phenoxy) is 1. The van der Waals surface area contributed by atoms with Gasteiger partial charge in [0.05, 0.1) is 17.1 Å². The summed E-state index contributed by atoms with van der Waals surface area (Å²) < 4.78 is 6.23. The van der Waals surface area contributed by atoms with Crippen molar-refractivity contribution in [3.05, 3.63) is 30.2 Å². The lowest BCUT2D eigenvalue weighted by atomic mass is 10.1. The summed E-state index contributed by atoms with van der Waals surface area (Å²) in [6.07, 6.45) is 4.48. The number of aromatic amines is 1. The maximum atomic E-state index is 9.43. The number of nitriles is 1. The van der Waals surface area contributed by atoms with E-state index in [-0.39, 0.29) is 6.10 Å². The van der Waals surface area contributed by atoms with E-state index in [1.165, 1.54) is 0 Å². The average molecular weight is 307 g/mol. The Morgan fingerprint density at radius 1 is 1.48 bits per heavy atom. The van der Waals surface area contributed by atoms with E-state index in [9.17, 15) is 5.26 Å². The average Bonchev–Trinajstić information content (AvgIpc) is 3.19. The van der Waals surface area contributed by atoms with Crippen molar-refractivity contribution in [2.75, 3.05) is 19.6 Å². The van der Waals surface area contributed by atoms with Crippen LogP contribution in [0.3, 0.4) is 0 Å². The van der Waals surface area contributed by atoms with Gasteiger partial charge in [-0.25, -0.2) is 9.97 Å². The lowest BCUT2D eigenvalue weighted by molar-refractivity contribution is 0.204. The molecule has 4 rings (SSSR count). The molecule has 0 spiro atoms. The minimum absolute atomic E-state index is 0.0936. The quantitative estimate of drug-likeness (QED) is 0.804. The number of hydrogen-bond acceptors (Lipinski definition) is 5. The van der Waals surface area contributed by atoms with E-state index in [1.54, 1.807) is 12.4 Å². The Hall–Kier alpha value is -2.65. The Bertz CT molecular complexity index is 910. The third kappa shape index (κ3) is 2.30. The molecule has 116 valence electrons. The number of nitrogens with one attached hydrogen (secondary N) is 1. The third-order valence-corrected chi connectivity index (χ3v) is 4.43. The molecule has 4 heterocycles. The number of hydrogen-bond donors (Lipinski definition) is 1. The summed E-state index contributed by atoms with van der Waals surface area (Å²) in [6, 6.07) is 6.03. The topological polar surface area (TPSA) is 77.8 Å². The summed E-state index contributed by atoms with van der Waals surface area (Å²) in [7, 11) is 0. The molecular formula is C17H17N5O. The molecule has 6 heteroatoms. The van der Waals surface area contributed by atoms with Crippen molar-refractivity contribution in [3.8, 4) is 11.8 Å². The number of likely N-dealkylation sites (N-methyl/N-ethyl adjacent to an activating group) is 1. The van der Waals surface area contributed by atoms with Crippen molar-refractivity contribution in [2.45, 2.75) is 19.4 Å². The molecule has 0 saturated carbocycles.